The standard InChI is InChI=1S/C5H7NO2S/c7-4-6-2-1-3-9-5(6)8-4/h5H,1-3H2/t5-/m1/s1. The van der Waals surface area contributed by atoms with Gasteiger partial charge in [0.1, 0.15) is 0 Å². The van der Waals surface area contributed by atoms with Gasteiger partial charge in [-0.2, -0.15) is 0 Å². The first kappa shape index (κ1) is 5.41. The Kier molecular flexibility index (Phi) is 1.08. The molecule has 1 amide bonds. The molecule has 3 nitrogen and oxygen atoms in total. The minimum atomic E-state index is -0.146. The fraction of sp³-hybridized carbons (Fsp3) is 0.800. The number of ether oxygens (including phenoxy) is 1. The van der Waals surface area contributed by atoms with Crippen LogP contribution in [-0.4, -0.2) is 28.9 Å². The fourth-order valence-electron chi connectivity index (χ4n) is 0.994. The van der Waals surface area contributed by atoms with Gasteiger partial charge in [0, 0.05) is 12.3 Å². The van der Waals surface area contributed by atoms with Crippen LogP contribution in [0.1, 0.15) is 6.42 Å². The van der Waals surface area contributed by atoms with Gasteiger partial charge in [-0.05, 0) is 6.42 Å². The maximum Gasteiger partial charge on any atom is 0.415 e. The first-order chi connectivity index (χ1) is 4.38. The average Bonchev–Trinajstić information content (AvgIpc) is 1.86. The highest BCUT2D eigenvalue weighted by Crippen LogP contribution is 2.31. The van der Waals surface area contributed by atoms with Crippen molar-refractivity contribution >= 4 is 17.9 Å². The molecule has 2 saturated heterocycles. The van der Waals surface area contributed by atoms with E-state index in [0.717, 1.165) is 18.7 Å². The third-order valence-corrected chi connectivity index (χ3v) is 2.65. The molecule has 0 unspecified atom stereocenters. The Morgan fingerprint density at radius 2 is 2.67 bits per heavy atom. The third-order valence-electron chi connectivity index (χ3n) is 1.49. The molecule has 1 atom stereocenters. The van der Waals surface area contributed by atoms with Gasteiger partial charge in [0.2, 0.25) is 5.56 Å². The van der Waals surface area contributed by atoms with E-state index >= 15 is 0 Å². The van der Waals surface area contributed by atoms with E-state index in [1.807, 2.05) is 0 Å². The summed E-state index contributed by atoms with van der Waals surface area (Å²) in [5, 5.41) is 0. The first-order valence-electron chi connectivity index (χ1n) is 2.97. The predicted octanol–water partition coefficient (Wildman–Crippen LogP) is 0.859. The van der Waals surface area contributed by atoms with Crippen molar-refractivity contribution in [1.29, 1.82) is 0 Å². The van der Waals surface area contributed by atoms with E-state index in [9.17, 15) is 4.79 Å². The molecule has 0 saturated carbocycles. The molecule has 4 heteroatoms. The molecule has 0 aromatic carbocycles. The Hall–Kier alpha value is -0.380. The van der Waals surface area contributed by atoms with Crippen molar-refractivity contribution in [2.24, 2.45) is 0 Å². The molecule has 0 N–H and O–H groups in total. The maximum atomic E-state index is 10.6. The highest BCUT2D eigenvalue weighted by molar-refractivity contribution is 7.99. The van der Waals surface area contributed by atoms with E-state index < -0.39 is 0 Å². The topological polar surface area (TPSA) is 29.5 Å². The molecule has 0 radical (unpaired) electrons. The quantitative estimate of drug-likeness (QED) is 0.506. The van der Waals surface area contributed by atoms with Gasteiger partial charge in [-0.25, -0.2) is 4.79 Å². The number of nitrogens with zero attached hydrogens (tertiary/aromatic N) is 1. The number of thioether (sulfide) groups is 1. The Morgan fingerprint density at radius 3 is 3.22 bits per heavy atom. The number of rotatable bonds is 0. The lowest BCUT2D eigenvalue weighted by atomic mass is 10.4. The van der Waals surface area contributed by atoms with E-state index in [2.05, 4.69) is 0 Å². The summed E-state index contributed by atoms with van der Waals surface area (Å²) in [5.74, 6) is 1.12. The van der Waals surface area contributed by atoms with E-state index in [4.69, 9.17) is 4.74 Å². The minimum Gasteiger partial charge on any atom is -0.415 e. The average molecular weight is 145 g/mol. The van der Waals surface area contributed by atoms with E-state index in [-0.39, 0.29) is 11.7 Å². The van der Waals surface area contributed by atoms with Gasteiger partial charge in [0.05, 0.1) is 0 Å². The number of carbonyl (C=O) groups is 1. The zero-order valence-corrected chi connectivity index (χ0v) is 5.69. The molecule has 0 aliphatic carbocycles. The van der Waals surface area contributed by atoms with Crippen molar-refractivity contribution in [2.75, 3.05) is 12.3 Å². The number of hydrogen-bond acceptors (Lipinski definition) is 3. The van der Waals surface area contributed by atoms with Gasteiger partial charge < -0.3 is 4.74 Å². The molecule has 0 aromatic heterocycles. The summed E-state index contributed by atoms with van der Waals surface area (Å²) in [6.07, 6.45) is 0.961. The second kappa shape index (κ2) is 1.80. The van der Waals surface area contributed by atoms with Crippen molar-refractivity contribution in [3.8, 4) is 0 Å². The van der Waals surface area contributed by atoms with Crippen LogP contribution in [0.15, 0.2) is 0 Å². The van der Waals surface area contributed by atoms with Crippen LogP contribution in [0.2, 0.25) is 0 Å². The van der Waals surface area contributed by atoms with Gasteiger partial charge in [0.25, 0.3) is 0 Å². The van der Waals surface area contributed by atoms with Crippen LogP contribution in [0.5, 0.6) is 0 Å². The largest absolute Gasteiger partial charge is 0.415 e. The molecule has 2 heterocycles. The summed E-state index contributed by atoms with van der Waals surface area (Å²) in [4.78, 5) is 12.3. The van der Waals surface area contributed by atoms with Crippen LogP contribution < -0.4 is 0 Å². The second-order valence-corrected chi connectivity index (χ2v) is 3.25. The molecule has 2 rings (SSSR count). The van der Waals surface area contributed by atoms with Crippen LogP contribution in [0.4, 0.5) is 4.79 Å². The van der Waals surface area contributed by atoms with Gasteiger partial charge in [0.15, 0.2) is 0 Å². The fourth-order valence-corrected chi connectivity index (χ4v) is 2.01. The smallest absolute Gasteiger partial charge is 0.415 e. The molecule has 2 aliphatic heterocycles. The minimum absolute atomic E-state index is 0.0613. The van der Waals surface area contributed by atoms with Gasteiger partial charge in [-0.15, -0.1) is 0 Å². The highest BCUT2D eigenvalue weighted by Gasteiger charge is 2.40. The molecule has 50 valence electrons. The van der Waals surface area contributed by atoms with Crippen molar-refractivity contribution in [3.63, 3.8) is 0 Å². The second-order valence-electron chi connectivity index (χ2n) is 2.11. The molecular formula is C5H7NO2S. The molecule has 2 aliphatic rings. The molecular weight excluding hydrogens is 138 g/mol. The van der Waals surface area contributed by atoms with Gasteiger partial charge in [-0.1, -0.05) is 11.8 Å². The van der Waals surface area contributed by atoms with Crippen molar-refractivity contribution in [1.82, 2.24) is 4.90 Å². The first-order valence-corrected chi connectivity index (χ1v) is 4.02. The normalized spacial score (nSPS) is 32.7. The van der Waals surface area contributed by atoms with Crippen molar-refractivity contribution < 1.29 is 9.53 Å². The molecule has 9 heavy (non-hydrogen) atoms. The number of carbonyl (C=O) groups excluding carboxylic acids is 1. The lowest BCUT2D eigenvalue weighted by Crippen LogP contribution is -2.54. The van der Waals surface area contributed by atoms with Gasteiger partial charge >= 0.3 is 6.09 Å². The Morgan fingerprint density at radius 1 is 1.78 bits per heavy atom. The molecule has 0 aromatic rings. The van der Waals surface area contributed by atoms with Crippen LogP contribution in [-0.2, 0) is 4.74 Å². The summed E-state index contributed by atoms with van der Waals surface area (Å²) < 4.78 is 4.79. The molecule has 0 spiro atoms. The Balaban J connectivity index is 2.01. The summed E-state index contributed by atoms with van der Waals surface area (Å²) in [6.45, 7) is 0.885. The lowest BCUT2D eigenvalue weighted by Gasteiger charge is -2.41. The van der Waals surface area contributed by atoms with E-state index in [1.165, 1.54) is 0 Å². The zero-order valence-electron chi connectivity index (χ0n) is 4.87. The van der Waals surface area contributed by atoms with Gasteiger partial charge in [-0.3, -0.25) is 4.90 Å². The maximum absolute atomic E-state index is 10.6. The molecule has 2 fully saturated rings. The van der Waals surface area contributed by atoms with Crippen molar-refractivity contribution in [2.45, 2.75) is 12.0 Å². The predicted molar refractivity (Wildman–Crippen MR) is 34.0 cm³/mol. The third kappa shape index (κ3) is 0.694. The summed E-state index contributed by atoms with van der Waals surface area (Å²) in [6, 6.07) is 0. The SMILES string of the molecule is O=C1O[C@@H]2SCCCN12. The summed E-state index contributed by atoms with van der Waals surface area (Å²) in [7, 11) is 0. The Bertz CT molecular complexity index is 150. The van der Waals surface area contributed by atoms with E-state index in [1.54, 1.807) is 16.7 Å². The summed E-state index contributed by atoms with van der Waals surface area (Å²) >= 11 is 1.70. The number of hydrogen-bond donors (Lipinski definition) is 0. The van der Waals surface area contributed by atoms with Crippen LogP contribution >= 0.6 is 11.8 Å². The van der Waals surface area contributed by atoms with Crippen LogP contribution in [0.3, 0.4) is 0 Å². The van der Waals surface area contributed by atoms with E-state index in [0.29, 0.717) is 0 Å². The summed E-state index contributed by atoms with van der Waals surface area (Å²) in [5.41, 5.74) is 0.0613. The lowest BCUT2D eigenvalue weighted by molar-refractivity contribution is -0.0463. The van der Waals surface area contributed by atoms with Crippen LogP contribution in [0.25, 0.3) is 0 Å². The monoisotopic (exact) mass is 145 g/mol. The zero-order chi connectivity index (χ0) is 6.27. The highest BCUT2D eigenvalue weighted by atomic mass is 32.2. The number of amides is 1. The number of fused-ring (bicyclic) bond motifs is 1. The van der Waals surface area contributed by atoms with Crippen LogP contribution in [0, 0.1) is 0 Å². The Labute approximate surface area is 57.3 Å². The van der Waals surface area contributed by atoms with Crippen molar-refractivity contribution in [3.05, 3.63) is 0 Å². The molecule has 0 bridgehead atoms.